The lowest BCUT2D eigenvalue weighted by Crippen LogP contribution is -2.16. The molecule has 168 valence electrons. The topological polar surface area (TPSA) is 116 Å². The van der Waals surface area contributed by atoms with Gasteiger partial charge in [-0.2, -0.15) is 0 Å². The van der Waals surface area contributed by atoms with Crippen molar-refractivity contribution in [2.45, 2.75) is 12.5 Å². The summed E-state index contributed by atoms with van der Waals surface area (Å²) in [6.45, 7) is 0. The van der Waals surface area contributed by atoms with Crippen LogP contribution in [-0.2, 0) is 9.53 Å². The Hall–Kier alpha value is -4.40. The first kappa shape index (κ1) is 21.8. The first-order valence-corrected chi connectivity index (χ1v) is 10.1. The highest BCUT2D eigenvalue weighted by atomic mass is 16.6. The number of nitrogens with one attached hydrogen (secondary N) is 2. The number of aromatic nitrogens is 1. The highest BCUT2D eigenvalue weighted by Gasteiger charge is 2.36. The molecule has 0 saturated carbocycles. The molecule has 2 heterocycles. The maximum Gasteiger partial charge on any atom is 0.343 e. The Labute approximate surface area is 189 Å². The molecule has 0 unspecified atom stereocenters. The molecule has 4 rings (SSSR count). The smallest absolute Gasteiger partial charge is 0.343 e. The van der Waals surface area contributed by atoms with Crippen molar-refractivity contribution in [2.75, 3.05) is 24.9 Å². The molecule has 1 aromatic heterocycles. The zero-order chi connectivity index (χ0) is 23.4. The van der Waals surface area contributed by atoms with Gasteiger partial charge in [-0.3, -0.25) is 14.6 Å². The average molecular weight is 447 g/mol. The van der Waals surface area contributed by atoms with E-state index in [4.69, 9.17) is 14.2 Å². The van der Waals surface area contributed by atoms with E-state index in [-0.39, 0.29) is 29.5 Å². The SMILES string of the molecule is COc1ccc2c(c1OC)C(=O)O[C@H]2CC(=O)Nc1cccc(NC(=O)c2cccnc2)c1. The third kappa shape index (κ3) is 4.62. The van der Waals surface area contributed by atoms with E-state index in [2.05, 4.69) is 15.6 Å². The quantitative estimate of drug-likeness (QED) is 0.532. The number of methoxy groups -OCH3 is 2. The number of carbonyl (C=O) groups is 3. The van der Waals surface area contributed by atoms with Gasteiger partial charge in [-0.25, -0.2) is 4.79 Å². The number of carbonyl (C=O) groups excluding carboxylic acids is 3. The summed E-state index contributed by atoms with van der Waals surface area (Å²) in [5.74, 6) is -0.557. The van der Waals surface area contributed by atoms with Gasteiger partial charge < -0.3 is 24.8 Å². The summed E-state index contributed by atoms with van der Waals surface area (Å²) in [4.78, 5) is 41.3. The number of rotatable bonds is 7. The lowest BCUT2D eigenvalue weighted by Gasteiger charge is -2.13. The standard InChI is InChI=1S/C24H21N3O6/c1-31-18-9-8-17-19(33-24(30)21(17)22(18)32-2)12-20(28)26-15-6-3-7-16(11-15)27-23(29)14-5-4-10-25-13-14/h3-11,13,19H,12H2,1-2H3,(H,26,28)(H,27,29)/t19-/m0/s1. The van der Waals surface area contributed by atoms with Crippen molar-refractivity contribution in [2.24, 2.45) is 0 Å². The molecule has 0 bridgehead atoms. The van der Waals surface area contributed by atoms with Gasteiger partial charge in [-0.15, -0.1) is 0 Å². The van der Waals surface area contributed by atoms with E-state index in [1.54, 1.807) is 54.7 Å². The zero-order valence-corrected chi connectivity index (χ0v) is 18.0. The zero-order valence-electron chi connectivity index (χ0n) is 18.0. The van der Waals surface area contributed by atoms with Gasteiger partial charge in [0, 0.05) is 29.3 Å². The number of hydrogen-bond donors (Lipinski definition) is 2. The maximum atomic E-state index is 12.7. The van der Waals surface area contributed by atoms with Crippen LogP contribution >= 0.6 is 0 Å². The largest absolute Gasteiger partial charge is 0.493 e. The number of cyclic esters (lactones) is 1. The normalized spacial score (nSPS) is 14.1. The third-order valence-electron chi connectivity index (χ3n) is 5.08. The van der Waals surface area contributed by atoms with Crippen LogP contribution in [0.15, 0.2) is 60.9 Å². The monoisotopic (exact) mass is 447 g/mol. The van der Waals surface area contributed by atoms with Gasteiger partial charge in [0.1, 0.15) is 11.7 Å². The third-order valence-corrected chi connectivity index (χ3v) is 5.08. The minimum Gasteiger partial charge on any atom is -0.493 e. The molecule has 2 N–H and O–H groups in total. The van der Waals surface area contributed by atoms with Gasteiger partial charge in [0.15, 0.2) is 11.5 Å². The van der Waals surface area contributed by atoms with E-state index < -0.39 is 12.1 Å². The summed E-state index contributed by atoms with van der Waals surface area (Å²) < 4.78 is 15.9. The molecule has 0 fully saturated rings. The molecule has 9 nitrogen and oxygen atoms in total. The van der Waals surface area contributed by atoms with Crippen LogP contribution in [0.4, 0.5) is 11.4 Å². The molecule has 1 aliphatic heterocycles. The van der Waals surface area contributed by atoms with Gasteiger partial charge in [-0.1, -0.05) is 12.1 Å². The van der Waals surface area contributed by atoms with Crippen molar-refractivity contribution in [1.29, 1.82) is 0 Å². The van der Waals surface area contributed by atoms with Gasteiger partial charge >= 0.3 is 5.97 Å². The minimum absolute atomic E-state index is 0.0828. The van der Waals surface area contributed by atoms with Crippen molar-refractivity contribution in [1.82, 2.24) is 4.98 Å². The van der Waals surface area contributed by atoms with Gasteiger partial charge in [-0.05, 0) is 36.4 Å². The second-order valence-corrected chi connectivity index (χ2v) is 7.19. The molecular formula is C24H21N3O6. The average Bonchev–Trinajstić information content (AvgIpc) is 3.14. The van der Waals surface area contributed by atoms with Crippen LogP contribution in [0.5, 0.6) is 11.5 Å². The van der Waals surface area contributed by atoms with E-state index in [0.717, 1.165) is 0 Å². The fourth-order valence-electron chi connectivity index (χ4n) is 3.58. The summed E-state index contributed by atoms with van der Waals surface area (Å²) in [5, 5.41) is 5.53. The number of esters is 1. The molecule has 0 radical (unpaired) electrons. The van der Waals surface area contributed by atoms with Crippen LogP contribution in [0.3, 0.4) is 0 Å². The first-order chi connectivity index (χ1) is 16.0. The van der Waals surface area contributed by atoms with Crippen molar-refractivity contribution in [3.8, 4) is 11.5 Å². The van der Waals surface area contributed by atoms with Crippen LogP contribution in [-0.4, -0.2) is 37.0 Å². The number of nitrogens with zero attached hydrogens (tertiary/aromatic N) is 1. The summed E-state index contributed by atoms with van der Waals surface area (Å²) in [6.07, 6.45) is 2.22. The van der Waals surface area contributed by atoms with Crippen LogP contribution < -0.4 is 20.1 Å². The number of benzene rings is 2. The molecule has 2 amide bonds. The second-order valence-electron chi connectivity index (χ2n) is 7.19. The highest BCUT2D eigenvalue weighted by Crippen LogP contribution is 2.43. The number of fused-ring (bicyclic) bond motifs is 1. The van der Waals surface area contributed by atoms with Gasteiger partial charge in [0.05, 0.1) is 26.2 Å². The molecule has 9 heteroatoms. The van der Waals surface area contributed by atoms with E-state index in [1.807, 2.05) is 0 Å². The van der Waals surface area contributed by atoms with Crippen LogP contribution in [0.1, 0.15) is 38.8 Å². The number of ether oxygens (including phenoxy) is 3. The van der Waals surface area contributed by atoms with Crippen molar-refractivity contribution in [3.05, 3.63) is 77.6 Å². The van der Waals surface area contributed by atoms with Crippen LogP contribution in [0, 0.1) is 0 Å². The van der Waals surface area contributed by atoms with E-state index in [1.165, 1.54) is 20.4 Å². The van der Waals surface area contributed by atoms with Crippen LogP contribution in [0.25, 0.3) is 0 Å². The molecular weight excluding hydrogens is 426 g/mol. The molecule has 3 aromatic rings. The molecule has 1 atom stereocenters. The molecule has 0 aliphatic carbocycles. The first-order valence-electron chi connectivity index (χ1n) is 10.1. The fraction of sp³-hybridized carbons (Fsp3) is 0.167. The second kappa shape index (κ2) is 9.39. The Bertz CT molecular complexity index is 1210. The highest BCUT2D eigenvalue weighted by molar-refractivity contribution is 6.04. The Balaban J connectivity index is 1.44. The van der Waals surface area contributed by atoms with Crippen LogP contribution in [0.2, 0.25) is 0 Å². The molecule has 0 spiro atoms. The van der Waals surface area contributed by atoms with Crippen molar-refractivity contribution < 1.29 is 28.6 Å². The molecule has 2 aromatic carbocycles. The number of amides is 2. The minimum atomic E-state index is -0.749. The Morgan fingerprint density at radius 3 is 2.52 bits per heavy atom. The lowest BCUT2D eigenvalue weighted by atomic mass is 10.0. The van der Waals surface area contributed by atoms with Gasteiger partial charge in [0.25, 0.3) is 5.91 Å². The number of hydrogen-bond acceptors (Lipinski definition) is 7. The van der Waals surface area contributed by atoms with Crippen molar-refractivity contribution >= 4 is 29.2 Å². The lowest BCUT2D eigenvalue weighted by molar-refractivity contribution is -0.118. The summed E-state index contributed by atoms with van der Waals surface area (Å²) in [7, 11) is 2.91. The van der Waals surface area contributed by atoms with Gasteiger partial charge in [0.2, 0.25) is 5.91 Å². The van der Waals surface area contributed by atoms with Crippen molar-refractivity contribution in [3.63, 3.8) is 0 Å². The summed E-state index contributed by atoms with van der Waals surface area (Å²) in [6, 6.07) is 13.4. The van der Waals surface area contributed by atoms with E-state index >= 15 is 0 Å². The Kier molecular flexibility index (Phi) is 6.21. The summed E-state index contributed by atoms with van der Waals surface area (Å²) >= 11 is 0. The molecule has 1 aliphatic rings. The molecule has 33 heavy (non-hydrogen) atoms. The van der Waals surface area contributed by atoms with E-state index in [9.17, 15) is 14.4 Å². The predicted octanol–water partition coefficient (Wildman–Crippen LogP) is 3.59. The fourth-order valence-corrected chi connectivity index (χ4v) is 3.58. The summed E-state index contributed by atoms with van der Waals surface area (Å²) in [5.41, 5.74) is 2.23. The number of pyridine rings is 1. The number of anilines is 2. The predicted molar refractivity (Wildman–Crippen MR) is 120 cm³/mol. The molecule has 0 saturated heterocycles. The maximum absolute atomic E-state index is 12.7. The Morgan fingerprint density at radius 2 is 1.82 bits per heavy atom. The van der Waals surface area contributed by atoms with E-state index in [0.29, 0.717) is 28.3 Å². The Morgan fingerprint density at radius 1 is 1.03 bits per heavy atom.